The third kappa shape index (κ3) is 4.07. The Kier molecular flexibility index (Phi) is 6.71. The van der Waals surface area contributed by atoms with Crippen LogP contribution in [0.25, 0.3) is 5.57 Å². The number of fused-ring (bicyclic) bond motifs is 5. The monoisotopic (exact) mass is 480 g/mol. The fraction of sp³-hybridized carbons (Fsp3) is 0.655. The number of pyridine rings is 1. The number of thioether (sulfide) groups is 1. The topological polar surface area (TPSA) is 65.2 Å². The van der Waals surface area contributed by atoms with Gasteiger partial charge in [0.15, 0.2) is 0 Å². The van der Waals surface area contributed by atoms with Crippen LogP contribution in [0.15, 0.2) is 42.3 Å². The van der Waals surface area contributed by atoms with Gasteiger partial charge >= 0.3 is 5.97 Å². The Morgan fingerprint density at radius 1 is 1.21 bits per heavy atom. The maximum absolute atomic E-state index is 12.5. The summed E-state index contributed by atoms with van der Waals surface area (Å²) in [6.07, 6.45) is 19.5. The lowest BCUT2D eigenvalue weighted by Gasteiger charge is -2.57. The van der Waals surface area contributed by atoms with Crippen molar-refractivity contribution >= 4 is 23.3 Å². The highest BCUT2D eigenvalue weighted by molar-refractivity contribution is 7.98. The molecule has 5 heteroatoms. The number of carbonyl (C=O) groups excluding carboxylic acids is 1. The molecule has 0 bridgehead atoms. The van der Waals surface area contributed by atoms with E-state index in [1.165, 1.54) is 36.0 Å². The van der Waals surface area contributed by atoms with Crippen molar-refractivity contribution in [2.24, 2.45) is 34.3 Å². The molecular formula is C29H40N2O2S. The van der Waals surface area contributed by atoms with Crippen LogP contribution in [0.1, 0.15) is 70.8 Å². The minimum absolute atomic E-state index is 0.0112. The summed E-state index contributed by atoms with van der Waals surface area (Å²) >= 11 is 1.72. The summed E-state index contributed by atoms with van der Waals surface area (Å²) in [6.45, 7) is 5.02. The van der Waals surface area contributed by atoms with Gasteiger partial charge in [0.1, 0.15) is 12.1 Å². The molecule has 4 aliphatic carbocycles. The average Bonchev–Trinajstić information content (AvgIpc) is 3.20. The molecule has 4 aliphatic rings. The SMILES string of the molecule is CSCCC(N)C(=O)OC1CCC2(C)C(=CCC3C2CCC2(C)C(c4cccnc4)=CCC32)C1. The number of nitrogens with two attached hydrogens (primary N) is 1. The molecule has 4 nitrogen and oxygen atoms in total. The van der Waals surface area contributed by atoms with Crippen LogP contribution in [0.4, 0.5) is 0 Å². The van der Waals surface area contributed by atoms with Crippen molar-refractivity contribution in [3.05, 3.63) is 47.8 Å². The summed E-state index contributed by atoms with van der Waals surface area (Å²) in [5.41, 5.74) is 10.9. The zero-order valence-electron chi connectivity index (χ0n) is 21.0. The van der Waals surface area contributed by atoms with Crippen molar-refractivity contribution < 1.29 is 9.53 Å². The van der Waals surface area contributed by atoms with Crippen LogP contribution in [0.2, 0.25) is 0 Å². The van der Waals surface area contributed by atoms with Gasteiger partial charge in [0.25, 0.3) is 0 Å². The van der Waals surface area contributed by atoms with Gasteiger partial charge in [0.05, 0.1) is 0 Å². The largest absolute Gasteiger partial charge is 0.461 e. The molecule has 2 fully saturated rings. The van der Waals surface area contributed by atoms with E-state index in [4.69, 9.17) is 10.5 Å². The van der Waals surface area contributed by atoms with E-state index in [0.29, 0.717) is 12.3 Å². The smallest absolute Gasteiger partial charge is 0.323 e. The van der Waals surface area contributed by atoms with Gasteiger partial charge in [-0.1, -0.05) is 37.6 Å². The molecule has 0 aromatic carbocycles. The Labute approximate surface area is 209 Å². The van der Waals surface area contributed by atoms with E-state index in [1.807, 2.05) is 18.6 Å². The molecule has 184 valence electrons. The number of esters is 1. The molecule has 7 atom stereocenters. The molecule has 7 unspecified atom stereocenters. The first-order valence-corrected chi connectivity index (χ1v) is 14.5. The van der Waals surface area contributed by atoms with E-state index in [0.717, 1.165) is 43.3 Å². The summed E-state index contributed by atoms with van der Waals surface area (Å²) < 4.78 is 5.90. The standard InChI is InChI=1S/C29H40N2O2S/c1-28-13-10-21(33-27(32)26(30)12-16-34-3)17-20(28)6-7-22-24-9-8-23(19-5-4-15-31-18-19)29(24,2)14-11-25(22)28/h4-6,8,15,18,21-22,24-26H,7,9-14,16-17,30H2,1-3H3. The van der Waals surface area contributed by atoms with Crippen LogP contribution in [-0.4, -0.2) is 35.1 Å². The molecule has 0 saturated heterocycles. The number of allylic oxidation sites excluding steroid dienone is 3. The lowest BCUT2D eigenvalue weighted by atomic mass is 9.47. The molecule has 0 aliphatic heterocycles. The molecule has 1 aromatic rings. The zero-order valence-corrected chi connectivity index (χ0v) is 21.8. The first-order chi connectivity index (χ1) is 16.4. The Morgan fingerprint density at radius 3 is 2.79 bits per heavy atom. The molecule has 0 amide bonds. The second kappa shape index (κ2) is 9.46. The molecule has 2 saturated carbocycles. The van der Waals surface area contributed by atoms with Crippen LogP contribution < -0.4 is 5.73 Å². The second-order valence-corrected chi connectivity index (χ2v) is 12.5. The maximum atomic E-state index is 12.5. The Hall–Kier alpha value is -1.59. The van der Waals surface area contributed by atoms with Crippen molar-refractivity contribution in [1.29, 1.82) is 0 Å². The second-order valence-electron chi connectivity index (χ2n) is 11.5. The van der Waals surface area contributed by atoms with Gasteiger partial charge < -0.3 is 10.5 Å². The predicted octanol–water partition coefficient (Wildman–Crippen LogP) is 6.03. The van der Waals surface area contributed by atoms with Gasteiger partial charge in [-0.25, -0.2) is 0 Å². The molecule has 34 heavy (non-hydrogen) atoms. The van der Waals surface area contributed by atoms with E-state index >= 15 is 0 Å². The van der Waals surface area contributed by atoms with Crippen molar-refractivity contribution in [3.8, 4) is 0 Å². The highest BCUT2D eigenvalue weighted by Gasteiger charge is 2.57. The Bertz CT molecular complexity index is 976. The van der Waals surface area contributed by atoms with E-state index in [9.17, 15) is 4.79 Å². The summed E-state index contributed by atoms with van der Waals surface area (Å²) in [7, 11) is 0. The number of aromatic nitrogens is 1. The molecule has 1 heterocycles. The number of hydrogen-bond donors (Lipinski definition) is 1. The molecule has 2 N–H and O–H groups in total. The minimum atomic E-state index is -0.495. The quantitative estimate of drug-likeness (QED) is 0.398. The van der Waals surface area contributed by atoms with E-state index < -0.39 is 6.04 Å². The third-order valence-electron chi connectivity index (χ3n) is 9.83. The van der Waals surface area contributed by atoms with Crippen LogP contribution in [0.5, 0.6) is 0 Å². The minimum Gasteiger partial charge on any atom is -0.461 e. The molecule has 1 aromatic heterocycles. The van der Waals surface area contributed by atoms with Crippen LogP contribution >= 0.6 is 11.8 Å². The van der Waals surface area contributed by atoms with Gasteiger partial charge in [-0.05, 0) is 103 Å². The van der Waals surface area contributed by atoms with Crippen LogP contribution in [-0.2, 0) is 9.53 Å². The lowest BCUT2D eigenvalue weighted by Crippen LogP contribution is -2.50. The van der Waals surface area contributed by atoms with Gasteiger partial charge in [-0.2, -0.15) is 11.8 Å². The van der Waals surface area contributed by atoms with E-state index in [-0.39, 0.29) is 22.9 Å². The summed E-state index contributed by atoms with van der Waals surface area (Å²) in [4.78, 5) is 16.9. The zero-order chi connectivity index (χ0) is 23.9. The summed E-state index contributed by atoms with van der Waals surface area (Å²) in [6, 6.07) is 3.80. The number of ether oxygens (including phenoxy) is 1. The fourth-order valence-corrected chi connectivity index (χ4v) is 8.37. The fourth-order valence-electron chi connectivity index (χ4n) is 7.88. The summed E-state index contributed by atoms with van der Waals surface area (Å²) in [5.74, 6) is 2.85. The normalized spacial score (nSPS) is 37.5. The molecular weight excluding hydrogens is 440 g/mol. The van der Waals surface area contributed by atoms with Crippen molar-refractivity contribution in [2.75, 3.05) is 12.0 Å². The third-order valence-corrected chi connectivity index (χ3v) is 10.5. The first-order valence-electron chi connectivity index (χ1n) is 13.1. The number of carbonyl (C=O) groups is 1. The highest BCUT2D eigenvalue weighted by atomic mass is 32.2. The average molecular weight is 481 g/mol. The van der Waals surface area contributed by atoms with E-state index in [2.05, 4.69) is 43.1 Å². The molecule has 0 radical (unpaired) electrons. The van der Waals surface area contributed by atoms with E-state index in [1.54, 1.807) is 11.8 Å². The maximum Gasteiger partial charge on any atom is 0.323 e. The predicted molar refractivity (Wildman–Crippen MR) is 140 cm³/mol. The Balaban J connectivity index is 1.29. The molecule has 0 spiro atoms. The van der Waals surface area contributed by atoms with Crippen molar-refractivity contribution in [2.45, 2.75) is 77.4 Å². The van der Waals surface area contributed by atoms with Gasteiger partial charge in [-0.3, -0.25) is 9.78 Å². The Morgan fingerprint density at radius 2 is 2.03 bits per heavy atom. The van der Waals surface area contributed by atoms with Crippen molar-refractivity contribution in [3.63, 3.8) is 0 Å². The lowest BCUT2D eigenvalue weighted by molar-refractivity contribution is -0.153. The van der Waals surface area contributed by atoms with Gasteiger partial charge in [0, 0.05) is 18.8 Å². The van der Waals surface area contributed by atoms with Crippen molar-refractivity contribution in [1.82, 2.24) is 4.98 Å². The number of rotatable bonds is 6. The van der Waals surface area contributed by atoms with Crippen LogP contribution in [0, 0.1) is 28.6 Å². The van der Waals surface area contributed by atoms with Gasteiger partial charge in [-0.15, -0.1) is 0 Å². The van der Waals surface area contributed by atoms with Crippen LogP contribution in [0.3, 0.4) is 0 Å². The number of nitrogens with zero attached hydrogens (tertiary/aromatic N) is 1. The van der Waals surface area contributed by atoms with Gasteiger partial charge in [0.2, 0.25) is 0 Å². The number of hydrogen-bond acceptors (Lipinski definition) is 5. The highest BCUT2D eigenvalue weighted by Crippen LogP contribution is 2.66. The molecule has 5 rings (SSSR count). The first kappa shape index (κ1) is 24.1. The summed E-state index contributed by atoms with van der Waals surface area (Å²) in [5, 5.41) is 0.